The summed E-state index contributed by atoms with van der Waals surface area (Å²) in [6, 6.07) is 3.46. The number of nitrogens with two attached hydrogens (primary N) is 2. The molecule has 0 spiro atoms. The van der Waals surface area contributed by atoms with Gasteiger partial charge in [-0.2, -0.15) is 0 Å². The fourth-order valence-electron chi connectivity index (χ4n) is 1.40. The van der Waals surface area contributed by atoms with Crippen LogP contribution in [0.4, 0.5) is 4.39 Å². The molecule has 1 aromatic rings. The minimum Gasteiger partial charge on any atom is -0.368 e. The molecule has 0 aliphatic heterocycles. The number of halogens is 1. The van der Waals surface area contributed by atoms with E-state index in [1.807, 2.05) is 0 Å². The van der Waals surface area contributed by atoms with Crippen molar-refractivity contribution in [3.63, 3.8) is 0 Å². The van der Waals surface area contributed by atoms with Gasteiger partial charge in [-0.05, 0) is 18.2 Å². The van der Waals surface area contributed by atoms with E-state index in [-0.39, 0.29) is 10.5 Å². The van der Waals surface area contributed by atoms with Crippen molar-refractivity contribution >= 4 is 30.4 Å². The van der Waals surface area contributed by atoms with Gasteiger partial charge in [0.2, 0.25) is 11.8 Å². The molecule has 0 unspecified atom stereocenters. The third kappa shape index (κ3) is 4.25. The van der Waals surface area contributed by atoms with Crippen molar-refractivity contribution in [3.05, 3.63) is 29.6 Å². The lowest BCUT2D eigenvalue weighted by Gasteiger charge is -2.19. The van der Waals surface area contributed by atoms with Crippen LogP contribution in [0.1, 0.15) is 10.4 Å². The van der Waals surface area contributed by atoms with Gasteiger partial charge in [0.05, 0.1) is 0 Å². The van der Waals surface area contributed by atoms with E-state index in [0.717, 1.165) is 11.0 Å². The molecule has 1 aromatic carbocycles. The maximum absolute atomic E-state index is 13.0. The molecule has 0 bridgehead atoms. The zero-order valence-corrected chi connectivity index (χ0v) is 10.7. The largest absolute Gasteiger partial charge is 0.368 e. The first-order chi connectivity index (χ1) is 8.81. The molecule has 0 aromatic heterocycles. The molecule has 19 heavy (non-hydrogen) atoms. The standard InChI is InChI=1S/C11H12FN3O3S/c12-7-2-1-6(3-8(7)19)11(18)15(4-9(13)16)5-10(14)17/h1-3,19H,4-5H2,(H2,13,16)(H2,14,17). The van der Waals surface area contributed by atoms with Crippen LogP contribution in [0.15, 0.2) is 23.1 Å². The van der Waals surface area contributed by atoms with E-state index >= 15 is 0 Å². The molecule has 0 fully saturated rings. The summed E-state index contributed by atoms with van der Waals surface area (Å²) in [6.45, 7) is -0.915. The topological polar surface area (TPSA) is 106 Å². The van der Waals surface area contributed by atoms with Gasteiger partial charge in [-0.3, -0.25) is 14.4 Å². The highest BCUT2D eigenvalue weighted by atomic mass is 32.1. The molecule has 3 amide bonds. The Morgan fingerprint density at radius 3 is 2.11 bits per heavy atom. The van der Waals surface area contributed by atoms with Gasteiger partial charge >= 0.3 is 0 Å². The molecule has 6 nitrogen and oxygen atoms in total. The van der Waals surface area contributed by atoms with Crippen LogP contribution >= 0.6 is 12.6 Å². The van der Waals surface area contributed by atoms with Gasteiger partial charge in [0.25, 0.3) is 5.91 Å². The first-order valence-corrected chi connectivity index (χ1v) is 5.60. The maximum atomic E-state index is 13.0. The predicted octanol–water partition coefficient (Wildman–Crippen LogP) is -0.473. The van der Waals surface area contributed by atoms with E-state index in [1.54, 1.807) is 0 Å². The van der Waals surface area contributed by atoms with E-state index in [2.05, 4.69) is 12.6 Å². The van der Waals surface area contributed by atoms with Crippen LogP contribution in [0.2, 0.25) is 0 Å². The van der Waals surface area contributed by atoms with Crippen molar-refractivity contribution in [3.8, 4) is 0 Å². The molecule has 0 saturated heterocycles. The number of thiol groups is 1. The van der Waals surface area contributed by atoms with Crippen LogP contribution in [-0.2, 0) is 9.59 Å². The fourth-order valence-corrected chi connectivity index (χ4v) is 1.62. The van der Waals surface area contributed by atoms with E-state index in [0.29, 0.717) is 0 Å². The molecule has 0 aliphatic carbocycles. The smallest absolute Gasteiger partial charge is 0.254 e. The Labute approximate surface area is 114 Å². The summed E-state index contributed by atoms with van der Waals surface area (Å²) in [4.78, 5) is 34.6. The van der Waals surface area contributed by atoms with Crippen molar-refractivity contribution in [2.24, 2.45) is 11.5 Å². The molecule has 0 aliphatic rings. The number of carbonyl (C=O) groups excluding carboxylic acids is 3. The van der Waals surface area contributed by atoms with Gasteiger partial charge < -0.3 is 16.4 Å². The van der Waals surface area contributed by atoms with Gasteiger partial charge in [0.1, 0.15) is 18.9 Å². The van der Waals surface area contributed by atoms with Crippen molar-refractivity contribution in [2.75, 3.05) is 13.1 Å². The highest BCUT2D eigenvalue weighted by Crippen LogP contribution is 2.15. The molecule has 4 N–H and O–H groups in total. The average molecular weight is 285 g/mol. The van der Waals surface area contributed by atoms with Crippen LogP contribution in [0.5, 0.6) is 0 Å². The normalized spacial score (nSPS) is 10.0. The van der Waals surface area contributed by atoms with Crippen LogP contribution in [-0.4, -0.2) is 35.7 Å². The van der Waals surface area contributed by atoms with Crippen molar-refractivity contribution < 1.29 is 18.8 Å². The first-order valence-electron chi connectivity index (χ1n) is 5.15. The van der Waals surface area contributed by atoms with E-state index in [1.165, 1.54) is 12.1 Å². The molecular formula is C11H12FN3O3S. The van der Waals surface area contributed by atoms with Crippen molar-refractivity contribution in [1.82, 2.24) is 4.90 Å². The van der Waals surface area contributed by atoms with Crippen LogP contribution < -0.4 is 11.5 Å². The molecule has 102 valence electrons. The Balaban J connectivity index is 3.00. The van der Waals surface area contributed by atoms with Gasteiger partial charge in [-0.1, -0.05) is 0 Å². The zero-order valence-electron chi connectivity index (χ0n) is 9.80. The minimum atomic E-state index is -0.789. The van der Waals surface area contributed by atoms with Gasteiger partial charge in [-0.25, -0.2) is 4.39 Å². The summed E-state index contributed by atoms with van der Waals surface area (Å²) < 4.78 is 13.0. The Morgan fingerprint density at radius 2 is 1.68 bits per heavy atom. The molecule has 0 radical (unpaired) electrons. The van der Waals surface area contributed by atoms with Crippen LogP contribution in [0, 0.1) is 5.82 Å². The first kappa shape index (κ1) is 15.0. The van der Waals surface area contributed by atoms with E-state index < -0.39 is 36.6 Å². The third-order valence-corrected chi connectivity index (χ3v) is 2.52. The highest BCUT2D eigenvalue weighted by Gasteiger charge is 2.20. The fraction of sp³-hybridized carbons (Fsp3) is 0.182. The predicted molar refractivity (Wildman–Crippen MR) is 67.9 cm³/mol. The lowest BCUT2D eigenvalue weighted by atomic mass is 10.2. The number of primary amides is 2. The number of carbonyl (C=O) groups is 3. The summed E-state index contributed by atoms with van der Waals surface area (Å²) in [5.74, 6) is -2.82. The zero-order chi connectivity index (χ0) is 14.6. The van der Waals surface area contributed by atoms with E-state index in [9.17, 15) is 18.8 Å². The average Bonchev–Trinajstić information content (AvgIpc) is 2.29. The minimum absolute atomic E-state index is 0.0241. The van der Waals surface area contributed by atoms with Crippen LogP contribution in [0.25, 0.3) is 0 Å². The summed E-state index contributed by atoms with van der Waals surface area (Å²) in [7, 11) is 0. The number of nitrogens with zero attached hydrogens (tertiary/aromatic N) is 1. The monoisotopic (exact) mass is 285 g/mol. The number of rotatable bonds is 5. The molecular weight excluding hydrogens is 273 g/mol. The SMILES string of the molecule is NC(=O)CN(CC(N)=O)C(=O)c1ccc(F)c(S)c1. The molecule has 0 saturated carbocycles. The van der Waals surface area contributed by atoms with Gasteiger partial charge in [0, 0.05) is 10.5 Å². The lowest BCUT2D eigenvalue weighted by Crippen LogP contribution is -2.43. The number of benzene rings is 1. The molecule has 1 rings (SSSR count). The Hall–Kier alpha value is -2.09. The summed E-state index contributed by atoms with van der Waals surface area (Å²) in [5.41, 5.74) is 10.0. The summed E-state index contributed by atoms with van der Waals surface area (Å²) >= 11 is 3.84. The van der Waals surface area contributed by atoms with Crippen molar-refractivity contribution in [1.29, 1.82) is 0 Å². The molecule has 0 atom stereocenters. The molecule has 0 heterocycles. The Kier molecular flexibility index (Phi) is 4.87. The third-order valence-electron chi connectivity index (χ3n) is 2.17. The maximum Gasteiger partial charge on any atom is 0.254 e. The van der Waals surface area contributed by atoms with Gasteiger partial charge in [-0.15, -0.1) is 12.6 Å². The van der Waals surface area contributed by atoms with Crippen molar-refractivity contribution in [2.45, 2.75) is 4.90 Å². The Morgan fingerprint density at radius 1 is 1.16 bits per heavy atom. The number of hydrogen-bond donors (Lipinski definition) is 3. The number of amides is 3. The summed E-state index contributed by atoms with van der Waals surface area (Å²) in [6.07, 6.45) is 0. The second-order valence-electron chi connectivity index (χ2n) is 3.76. The van der Waals surface area contributed by atoms with Gasteiger partial charge in [0.15, 0.2) is 0 Å². The summed E-state index contributed by atoms with van der Waals surface area (Å²) in [5, 5.41) is 0. The molecule has 8 heteroatoms. The second kappa shape index (κ2) is 6.19. The Bertz CT molecular complexity index is 520. The lowest BCUT2D eigenvalue weighted by molar-refractivity contribution is -0.121. The van der Waals surface area contributed by atoms with Crippen LogP contribution in [0.3, 0.4) is 0 Å². The highest BCUT2D eigenvalue weighted by molar-refractivity contribution is 7.80. The quantitative estimate of drug-likeness (QED) is 0.636. The number of hydrogen-bond acceptors (Lipinski definition) is 4. The van der Waals surface area contributed by atoms with E-state index in [4.69, 9.17) is 11.5 Å². The second-order valence-corrected chi connectivity index (χ2v) is 4.24.